The normalized spacial score (nSPS) is 11.4. The summed E-state index contributed by atoms with van der Waals surface area (Å²) in [6.07, 6.45) is 0.649. The molecule has 0 aliphatic heterocycles. The molecular weight excluding hydrogens is 204 g/mol. The van der Waals surface area contributed by atoms with Crippen molar-refractivity contribution in [1.82, 2.24) is 4.90 Å². The maximum atomic E-state index is 11.2. The number of nitrogens with two attached hydrogens (primary N) is 1. The summed E-state index contributed by atoms with van der Waals surface area (Å²) in [7, 11) is 0.250. The highest BCUT2D eigenvalue weighted by atomic mass is 32.2. The maximum Gasteiger partial charge on any atom is 0.222 e. The van der Waals surface area contributed by atoms with Crippen LogP contribution in [0.4, 0.5) is 0 Å². The molecule has 0 rings (SSSR count). The number of sulfone groups is 1. The highest BCUT2D eigenvalue weighted by Gasteiger charge is 2.11. The van der Waals surface area contributed by atoms with Crippen molar-refractivity contribution in [3.05, 3.63) is 0 Å². The van der Waals surface area contributed by atoms with Crippen LogP contribution in [0, 0.1) is 0 Å². The first-order valence-electron chi connectivity index (χ1n) is 4.49. The number of carbonyl (C=O) groups is 1. The monoisotopic (exact) mass is 222 g/mol. The van der Waals surface area contributed by atoms with Crippen LogP contribution >= 0.6 is 0 Å². The van der Waals surface area contributed by atoms with Gasteiger partial charge in [-0.2, -0.15) is 0 Å². The lowest BCUT2D eigenvalue weighted by Crippen LogP contribution is -2.23. The summed E-state index contributed by atoms with van der Waals surface area (Å²) in [5.41, 5.74) is 5.14. The second-order valence-corrected chi connectivity index (χ2v) is 5.64. The topological polar surface area (TPSA) is 80.5 Å². The van der Waals surface area contributed by atoms with Crippen molar-refractivity contribution in [3.63, 3.8) is 0 Å². The second-order valence-electron chi connectivity index (χ2n) is 3.33. The standard InChI is InChI=1S/C8H18N2O3S/c1-10(2)8(11)4-3-6-14(12,13)7-5-9/h3-7,9H2,1-2H3. The molecule has 0 aliphatic carbocycles. The van der Waals surface area contributed by atoms with E-state index in [1.54, 1.807) is 14.1 Å². The van der Waals surface area contributed by atoms with Crippen LogP contribution in [0.5, 0.6) is 0 Å². The van der Waals surface area contributed by atoms with Crippen molar-refractivity contribution in [2.45, 2.75) is 12.8 Å². The minimum atomic E-state index is -3.05. The summed E-state index contributed by atoms with van der Waals surface area (Å²) in [4.78, 5) is 12.5. The molecule has 0 aromatic heterocycles. The number of hydrogen-bond acceptors (Lipinski definition) is 4. The van der Waals surface area contributed by atoms with Crippen LogP contribution in [0.3, 0.4) is 0 Å². The predicted octanol–water partition coefficient (Wildman–Crippen LogP) is -0.772. The van der Waals surface area contributed by atoms with Gasteiger partial charge in [0.25, 0.3) is 0 Å². The number of nitrogens with zero attached hydrogens (tertiary/aromatic N) is 1. The Hall–Kier alpha value is -0.620. The quantitative estimate of drug-likeness (QED) is 0.640. The SMILES string of the molecule is CN(C)C(=O)CCCS(=O)(=O)CCN. The predicted molar refractivity (Wildman–Crippen MR) is 55.6 cm³/mol. The van der Waals surface area contributed by atoms with Gasteiger partial charge < -0.3 is 10.6 Å². The molecule has 5 nitrogen and oxygen atoms in total. The zero-order valence-electron chi connectivity index (χ0n) is 8.69. The summed E-state index contributed by atoms with van der Waals surface area (Å²) in [6, 6.07) is 0. The van der Waals surface area contributed by atoms with E-state index < -0.39 is 9.84 Å². The van der Waals surface area contributed by atoms with E-state index in [0.717, 1.165) is 0 Å². The van der Waals surface area contributed by atoms with E-state index in [-0.39, 0.29) is 30.4 Å². The lowest BCUT2D eigenvalue weighted by Gasteiger charge is -2.09. The van der Waals surface area contributed by atoms with Crippen LogP contribution < -0.4 is 5.73 Å². The molecule has 0 aromatic carbocycles. The Kier molecular flexibility index (Phi) is 5.71. The van der Waals surface area contributed by atoms with Crippen LogP contribution in [0.15, 0.2) is 0 Å². The Labute approximate surface area is 85.2 Å². The molecule has 0 aromatic rings. The van der Waals surface area contributed by atoms with Crippen molar-refractivity contribution in [3.8, 4) is 0 Å². The first kappa shape index (κ1) is 13.4. The second kappa shape index (κ2) is 5.98. The van der Waals surface area contributed by atoms with Crippen LogP contribution in [0.25, 0.3) is 0 Å². The molecule has 0 heterocycles. The molecule has 0 radical (unpaired) electrons. The van der Waals surface area contributed by atoms with Gasteiger partial charge in [-0.05, 0) is 6.42 Å². The smallest absolute Gasteiger partial charge is 0.222 e. The van der Waals surface area contributed by atoms with Crippen molar-refractivity contribution in [1.29, 1.82) is 0 Å². The number of carbonyl (C=O) groups excluding carboxylic acids is 1. The summed E-state index contributed by atoms with van der Waals surface area (Å²) in [5.74, 6) is 0.000351. The molecule has 14 heavy (non-hydrogen) atoms. The zero-order valence-corrected chi connectivity index (χ0v) is 9.51. The fourth-order valence-electron chi connectivity index (χ4n) is 0.949. The molecule has 0 atom stereocenters. The van der Waals surface area contributed by atoms with Gasteiger partial charge in [0.05, 0.1) is 11.5 Å². The van der Waals surface area contributed by atoms with Gasteiger partial charge in [0.2, 0.25) is 5.91 Å². The highest BCUT2D eigenvalue weighted by Crippen LogP contribution is 1.99. The minimum absolute atomic E-state index is 0.00313. The van der Waals surface area contributed by atoms with Gasteiger partial charge in [-0.25, -0.2) is 8.42 Å². The maximum absolute atomic E-state index is 11.2. The number of hydrogen-bond donors (Lipinski definition) is 1. The first-order valence-corrected chi connectivity index (χ1v) is 6.32. The third-order valence-corrected chi connectivity index (χ3v) is 3.54. The van der Waals surface area contributed by atoms with E-state index in [4.69, 9.17) is 5.73 Å². The van der Waals surface area contributed by atoms with Gasteiger partial charge in [-0.3, -0.25) is 4.79 Å². The van der Waals surface area contributed by atoms with E-state index >= 15 is 0 Å². The first-order chi connectivity index (χ1) is 6.39. The van der Waals surface area contributed by atoms with E-state index in [1.807, 2.05) is 0 Å². The van der Waals surface area contributed by atoms with E-state index in [2.05, 4.69) is 0 Å². The zero-order chi connectivity index (χ0) is 11.2. The summed E-state index contributed by atoms with van der Waals surface area (Å²) >= 11 is 0. The van der Waals surface area contributed by atoms with Gasteiger partial charge in [0.1, 0.15) is 0 Å². The van der Waals surface area contributed by atoms with Crippen LogP contribution in [-0.4, -0.2) is 51.4 Å². The molecule has 0 fully saturated rings. The molecule has 0 unspecified atom stereocenters. The molecule has 2 N–H and O–H groups in total. The minimum Gasteiger partial charge on any atom is -0.349 e. The molecule has 0 aliphatic rings. The molecule has 0 spiro atoms. The van der Waals surface area contributed by atoms with E-state index in [9.17, 15) is 13.2 Å². The third-order valence-electron chi connectivity index (χ3n) is 1.77. The molecule has 0 saturated carbocycles. The van der Waals surface area contributed by atoms with Crippen LogP contribution in [-0.2, 0) is 14.6 Å². The molecule has 6 heteroatoms. The average molecular weight is 222 g/mol. The van der Waals surface area contributed by atoms with Crippen LogP contribution in [0.1, 0.15) is 12.8 Å². The van der Waals surface area contributed by atoms with Gasteiger partial charge in [-0.1, -0.05) is 0 Å². The summed E-state index contributed by atoms with van der Waals surface area (Å²) in [6.45, 7) is 0.143. The Morgan fingerprint density at radius 1 is 1.29 bits per heavy atom. The Morgan fingerprint density at radius 3 is 2.29 bits per heavy atom. The number of rotatable bonds is 6. The van der Waals surface area contributed by atoms with Crippen molar-refractivity contribution < 1.29 is 13.2 Å². The lowest BCUT2D eigenvalue weighted by atomic mass is 10.3. The highest BCUT2D eigenvalue weighted by molar-refractivity contribution is 7.91. The van der Waals surface area contributed by atoms with Gasteiger partial charge in [0, 0.05) is 27.1 Å². The molecule has 0 bridgehead atoms. The van der Waals surface area contributed by atoms with E-state index in [1.165, 1.54) is 4.90 Å². The van der Waals surface area contributed by atoms with Crippen molar-refractivity contribution in [2.24, 2.45) is 5.73 Å². The number of amides is 1. The lowest BCUT2D eigenvalue weighted by molar-refractivity contribution is -0.128. The summed E-state index contributed by atoms with van der Waals surface area (Å²) < 4.78 is 22.4. The fraction of sp³-hybridized carbons (Fsp3) is 0.875. The van der Waals surface area contributed by atoms with E-state index in [0.29, 0.717) is 6.42 Å². The fourth-order valence-corrected chi connectivity index (χ4v) is 2.10. The molecule has 0 saturated heterocycles. The largest absolute Gasteiger partial charge is 0.349 e. The Balaban J connectivity index is 3.80. The summed E-state index contributed by atoms with van der Waals surface area (Å²) in [5, 5.41) is 0. The molecule has 84 valence electrons. The van der Waals surface area contributed by atoms with Crippen molar-refractivity contribution >= 4 is 15.7 Å². The van der Waals surface area contributed by atoms with Gasteiger partial charge in [-0.15, -0.1) is 0 Å². The van der Waals surface area contributed by atoms with Crippen molar-refractivity contribution in [2.75, 3.05) is 32.1 Å². The third kappa shape index (κ3) is 5.93. The molecule has 1 amide bonds. The Morgan fingerprint density at radius 2 is 1.86 bits per heavy atom. The van der Waals surface area contributed by atoms with Crippen LogP contribution in [0.2, 0.25) is 0 Å². The Bertz CT molecular complexity index is 272. The van der Waals surface area contributed by atoms with Gasteiger partial charge in [0.15, 0.2) is 9.84 Å². The van der Waals surface area contributed by atoms with Gasteiger partial charge >= 0.3 is 0 Å². The molecular formula is C8H18N2O3S. The average Bonchev–Trinajstić information content (AvgIpc) is 2.03.